The van der Waals surface area contributed by atoms with E-state index in [0.717, 1.165) is 32.2 Å². The maximum Gasteiger partial charge on any atom is 0.244 e. The molecule has 1 saturated carbocycles. The summed E-state index contributed by atoms with van der Waals surface area (Å²) in [7, 11) is -3.40. The third-order valence-electron chi connectivity index (χ3n) is 4.55. The molecule has 1 aliphatic carbocycles. The average Bonchev–Trinajstić information content (AvgIpc) is 3.13. The van der Waals surface area contributed by atoms with Crippen LogP contribution in [0.2, 0.25) is 0 Å². The number of hydrogen-bond donors (Lipinski definition) is 1. The van der Waals surface area contributed by atoms with Gasteiger partial charge >= 0.3 is 0 Å². The Hall–Kier alpha value is -0.850. The second-order valence-corrected chi connectivity index (χ2v) is 7.82. The maximum absolute atomic E-state index is 12.7. The Morgan fingerprint density at radius 3 is 2.75 bits per heavy atom. The van der Waals surface area contributed by atoms with Gasteiger partial charge in [0.1, 0.15) is 4.90 Å². The van der Waals surface area contributed by atoms with E-state index < -0.39 is 10.0 Å². The molecule has 1 saturated heterocycles. The molecule has 1 aromatic rings. The summed E-state index contributed by atoms with van der Waals surface area (Å²) in [5.74, 6) is 0.546. The first-order valence-electron chi connectivity index (χ1n) is 7.38. The monoisotopic (exact) mass is 298 g/mol. The lowest BCUT2D eigenvalue weighted by molar-refractivity contribution is 0.270. The van der Waals surface area contributed by atoms with Gasteiger partial charge in [0.05, 0.1) is 6.61 Å². The minimum absolute atomic E-state index is 0.123. The molecule has 20 heavy (non-hydrogen) atoms. The molecule has 0 amide bonds. The number of rotatable bonds is 5. The molecule has 2 bridgehead atoms. The molecule has 6 heteroatoms. The van der Waals surface area contributed by atoms with E-state index in [4.69, 9.17) is 0 Å². The van der Waals surface area contributed by atoms with Gasteiger partial charge in [-0.3, -0.25) is 0 Å². The van der Waals surface area contributed by atoms with Crippen LogP contribution in [0.3, 0.4) is 0 Å². The van der Waals surface area contributed by atoms with Crippen molar-refractivity contribution in [3.63, 3.8) is 0 Å². The lowest BCUT2D eigenvalue weighted by Crippen LogP contribution is -2.37. The first-order chi connectivity index (χ1) is 9.56. The van der Waals surface area contributed by atoms with Crippen molar-refractivity contribution < 1.29 is 13.5 Å². The SMILES string of the molecule is CCCn1cc(S(=O)(=O)N2CC3CCC2C3)cc1CO. The minimum atomic E-state index is -3.40. The van der Waals surface area contributed by atoms with E-state index in [2.05, 4.69) is 0 Å². The summed E-state index contributed by atoms with van der Waals surface area (Å²) in [6.07, 6.45) is 5.76. The van der Waals surface area contributed by atoms with E-state index in [-0.39, 0.29) is 12.6 Å². The van der Waals surface area contributed by atoms with Crippen LogP contribution in [0, 0.1) is 5.92 Å². The predicted molar refractivity (Wildman–Crippen MR) is 75.7 cm³/mol. The quantitative estimate of drug-likeness (QED) is 0.897. The predicted octanol–water partition coefficient (Wildman–Crippen LogP) is 1.56. The first-order valence-corrected chi connectivity index (χ1v) is 8.82. The fraction of sp³-hybridized carbons (Fsp3) is 0.714. The molecule has 0 spiro atoms. The van der Waals surface area contributed by atoms with Crippen LogP contribution in [0.5, 0.6) is 0 Å². The zero-order valence-electron chi connectivity index (χ0n) is 11.8. The standard InChI is InChI=1S/C14H22N2O3S/c1-2-5-15-9-14(7-13(15)10-17)20(18,19)16-8-11-3-4-12(16)6-11/h7,9,11-12,17H,2-6,8,10H2,1H3. The number of sulfonamides is 1. The smallest absolute Gasteiger partial charge is 0.244 e. The lowest BCUT2D eigenvalue weighted by Gasteiger charge is -2.25. The Morgan fingerprint density at radius 1 is 1.40 bits per heavy atom. The average molecular weight is 298 g/mol. The van der Waals surface area contributed by atoms with Crippen LogP contribution in [0.4, 0.5) is 0 Å². The first kappa shape index (κ1) is 14.1. The summed E-state index contributed by atoms with van der Waals surface area (Å²) in [6.45, 7) is 3.31. The van der Waals surface area contributed by atoms with Crippen molar-refractivity contribution in [1.29, 1.82) is 0 Å². The summed E-state index contributed by atoms with van der Waals surface area (Å²) in [5.41, 5.74) is 0.676. The molecule has 2 unspecified atom stereocenters. The highest BCUT2D eigenvalue weighted by atomic mass is 32.2. The van der Waals surface area contributed by atoms with Gasteiger partial charge in [-0.15, -0.1) is 0 Å². The van der Waals surface area contributed by atoms with Crippen LogP contribution in [0.25, 0.3) is 0 Å². The van der Waals surface area contributed by atoms with E-state index in [1.54, 1.807) is 16.6 Å². The summed E-state index contributed by atoms with van der Waals surface area (Å²) < 4.78 is 29.0. The fourth-order valence-corrected chi connectivity index (χ4v) is 5.36. The highest BCUT2D eigenvalue weighted by Gasteiger charge is 2.44. The third kappa shape index (κ3) is 2.19. The van der Waals surface area contributed by atoms with E-state index in [9.17, 15) is 13.5 Å². The van der Waals surface area contributed by atoms with Crippen LogP contribution >= 0.6 is 0 Å². The van der Waals surface area contributed by atoms with Crippen LogP contribution < -0.4 is 0 Å². The highest BCUT2D eigenvalue weighted by molar-refractivity contribution is 7.89. The Morgan fingerprint density at radius 2 is 2.20 bits per heavy atom. The van der Waals surface area contributed by atoms with E-state index >= 15 is 0 Å². The number of hydrogen-bond acceptors (Lipinski definition) is 3. The Balaban J connectivity index is 1.91. The van der Waals surface area contributed by atoms with E-state index in [1.807, 2.05) is 11.5 Å². The van der Waals surface area contributed by atoms with Crippen molar-refractivity contribution in [2.75, 3.05) is 6.54 Å². The van der Waals surface area contributed by atoms with Crippen molar-refractivity contribution in [2.24, 2.45) is 5.92 Å². The largest absolute Gasteiger partial charge is 0.390 e. The molecule has 2 heterocycles. The van der Waals surface area contributed by atoms with Gasteiger partial charge < -0.3 is 9.67 Å². The maximum atomic E-state index is 12.7. The van der Waals surface area contributed by atoms with Crippen LogP contribution in [-0.4, -0.2) is 35.0 Å². The second kappa shape index (κ2) is 5.16. The van der Waals surface area contributed by atoms with Crippen molar-refractivity contribution in [1.82, 2.24) is 8.87 Å². The summed E-state index contributed by atoms with van der Waals surface area (Å²) >= 11 is 0. The Labute approximate surface area is 120 Å². The molecule has 3 rings (SSSR count). The Bertz CT molecular complexity index is 594. The van der Waals surface area contributed by atoms with Gasteiger partial charge in [0, 0.05) is 31.0 Å². The second-order valence-electron chi connectivity index (χ2n) is 5.93. The molecular formula is C14H22N2O3S. The van der Waals surface area contributed by atoms with Crippen molar-refractivity contribution in [3.8, 4) is 0 Å². The zero-order chi connectivity index (χ0) is 14.3. The molecule has 1 aromatic heterocycles. The molecule has 0 aromatic carbocycles. The number of fused-ring (bicyclic) bond motifs is 2. The van der Waals surface area contributed by atoms with Gasteiger partial charge in [-0.25, -0.2) is 8.42 Å². The molecule has 1 aliphatic heterocycles. The van der Waals surface area contributed by atoms with Crippen LogP contribution in [0.1, 0.15) is 38.3 Å². The zero-order valence-corrected chi connectivity index (χ0v) is 12.6. The third-order valence-corrected chi connectivity index (χ3v) is 6.44. The number of aliphatic hydroxyl groups is 1. The van der Waals surface area contributed by atoms with Gasteiger partial charge in [0.25, 0.3) is 0 Å². The van der Waals surface area contributed by atoms with Gasteiger partial charge in [-0.2, -0.15) is 4.31 Å². The molecule has 0 radical (unpaired) electrons. The van der Waals surface area contributed by atoms with Gasteiger partial charge in [-0.1, -0.05) is 6.92 Å². The number of nitrogens with zero attached hydrogens (tertiary/aromatic N) is 2. The topological polar surface area (TPSA) is 62.5 Å². The number of aliphatic hydroxyl groups excluding tert-OH is 1. The van der Waals surface area contributed by atoms with Crippen LogP contribution in [-0.2, 0) is 23.2 Å². The molecule has 2 aliphatic rings. The van der Waals surface area contributed by atoms with Crippen molar-refractivity contribution in [2.45, 2.75) is 56.7 Å². The molecule has 2 atom stereocenters. The van der Waals surface area contributed by atoms with E-state index in [0.29, 0.717) is 23.1 Å². The Kier molecular flexibility index (Phi) is 3.64. The minimum Gasteiger partial charge on any atom is -0.390 e. The van der Waals surface area contributed by atoms with Crippen molar-refractivity contribution >= 4 is 10.0 Å². The summed E-state index contributed by atoms with van der Waals surface area (Å²) in [4.78, 5) is 0.336. The molecule has 2 fully saturated rings. The normalized spacial score (nSPS) is 26.5. The molecule has 5 nitrogen and oxygen atoms in total. The lowest BCUT2D eigenvalue weighted by atomic mass is 10.1. The molecular weight excluding hydrogens is 276 g/mol. The molecule has 112 valence electrons. The number of aromatic nitrogens is 1. The van der Waals surface area contributed by atoms with E-state index in [1.165, 1.54) is 0 Å². The van der Waals surface area contributed by atoms with Gasteiger partial charge in [0.15, 0.2) is 0 Å². The van der Waals surface area contributed by atoms with Gasteiger partial charge in [-0.05, 0) is 37.7 Å². The number of piperidine rings is 1. The highest BCUT2D eigenvalue weighted by Crippen LogP contribution is 2.40. The van der Waals surface area contributed by atoms with Crippen LogP contribution in [0.15, 0.2) is 17.2 Å². The summed E-state index contributed by atoms with van der Waals surface area (Å²) in [5, 5.41) is 9.37. The summed E-state index contributed by atoms with van der Waals surface area (Å²) in [6, 6.07) is 1.81. The molecule has 1 N–H and O–H groups in total. The fourth-order valence-electron chi connectivity index (χ4n) is 3.56. The van der Waals surface area contributed by atoms with Gasteiger partial charge in [0.2, 0.25) is 10.0 Å². The number of aryl methyl sites for hydroxylation is 1. The van der Waals surface area contributed by atoms with Crippen molar-refractivity contribution in [3.05, 3.63) is 18.0 Å².